The first-order chi connectivity index (χ1) is 8.22. The number of nitrogens with zero attached hydrogens (tertiary/aromatic N) is 1. The molecule has 1 aromatic carbocycles. The fourth-order valence-corrected chi connectivity index (χ4v) is 1.57. The van der Waals surface area contributed by atoms with E-state index >= 15 is 0 Å². The van der Waals surface area contributed by atoms with Crippen LogP contribution in [0, 0.1) is 6.92 Å². The van der Waals surface area contributed by atoms with Crippen LogP contribution in [0.1, 0.15) is 21.6 Å². The van der Waals surface area contributed by atoms with E-state index in [-0.39, 0.29) is 5.78 Å². The first-order valence-electron chi connectivity index (χ1n) is 5.33. The van der Waals surface area contributed by atoms with Crippen molar-refractivity contribution in [2.45, 2.75) is 6.92 Å². The second-order valence-electron chi connectivity index (χ2n) is 3.75. The Kier molecular flexibility index (Phi) is 3.19. The number of pyridine rings is 1. The molecule has 2 aromatic rings. The van der Waals surface area contributed by atoms with Gasteiger partial charge in [0.25, 0.3) is 0 Å². The number of carbonyl (C=O) groups excluding carboxylic acids is 1. The lowest BCUT2D eigenvalue weighted by atomic mass is 10.1. The molecule has 0 radical (unpaired) electrons. The molecule has 0 saturated carbocycles. The SMILES string of the molecule is COc1cccnc1C(=O)c1ccc(C)cc1. The zero-order valence-electron chi connectivity index (χ0n) is 9.81. The van der Waals surface area contributed by atoms with Gasteiger partial charge in [-0.2, -0.15) is 0 Å². The van der Waals surface area contributed by atoms with E-state index in [1.165, 1.54) is 7.11 Å². The molecule has 0 fully saturated rings. The number of aromatic nitrogens is 1. The summed E-state index contributed by atoms with van der Waals surface area (Å²) in [5, 5.41) is 0. The number of hydrogen-bond donors (Lipinski definition) is 0. The Labute approximate surface area is 100 Å². The van der Waals surface area contributed by atoms with E-state index < -0.39 is 0 Å². The summed E-state index contributed by atoms with van der Waals surface area (Å²) in [5.41, 5.74) is 2.08. The molecule has 0 atom stereocenters. The molecule has 0 N–H and O–H groups in total. The van der Waals surface area contributed by atoms with Crippen LogP contribution in [0.4, 0.5) is 0 Å². The summed E-state index contributed by atoms with van der Waals surface area (Å²) in [6.45, 7) is 1.98. The number of hydrogen-bond acceptors (Lipinski definition) is 3. The molecular formula is C14H13NO2. The highest BCUT2D eigenvalue weighted by Gasteiger charge is 2.14. The molecule has 0 amide bonds. The summed E-state index contributed by atoms with van der Waals surface area (Å²) < 4.78 is 5.13. The Bertz CT molecular complexity index is 532. The minimum atomic E-state index is -0.123. The summed E-state index contributed by atoms with van der Waals surface area (Å²) in [7, 11) is 1.53. The maximum absolute atomic E-state index is 12.2. The highest BCUT2D eigenvalue weighted by atomic mass is 16.5. The van der Waals surface area contributed by atoms with Gasteiger partial charge in [-0.3, -0.25) is 4.79 Å². The molecular weight excluding hydrogens is 214 g/mol. The lowest BCUT2D eigenvalue weighted by molar-refractivity contribution is 0.103. The molecule has 86 valence electrons. The molecule has 0 aliphatic carbocycles. The number of ketones is 1. The zero-order chi connectivity index (χ0) is 12.3. The third-order valence-corrected chi connectivity index (χ3v) is 2.52. The van der Waals surface area contributed by atoms with Crippen LogP contribution in [0.3, 0.4) is 0 Å². The number of benzene rings is 1. The van der Waals surface area contributed by atoms with Crippen LogP contribution < -0.4 is 4.74 Å². The van der Waals surface area contributed by atoms with Crippen molar-refractivity contribution in [3.63, 3.8) is 0 Å². The Morgan fingerprint density at radius 2 is 1.88 bits per heavy atom. The Morgan fingerprint density at radius 3 is 2.53 bits per heavy atom. The molecule has 0 spiro atoms. The summed E-state index contributed by atoms with van der Waals surface area (Å²) in [5.74, 6) is 0.375. The van der Waals surface area contributed by atoms with Crippen LogP contribution in [-0.2, 0) is 0 Å². The lowest BCUT2D eigenvalue weighted by Crippen LogP contribution is -2.06. The van der Waals surface area contributed by atoms with Crippen LogP contribution in [-0.4, -0.2) is 17.9 Å². The van der Waals surface area contributed by atoms with E-state index in [4.69, 9.17) is 4.74 Å². The normalized spacial score (nSPS) is 10.0. The van der Waals surface area contributed by atoms with Crippen molar-refractivity contribution in [3.8, 4) is 5.75 Å². The molecule has 0 aliphatic rings. The van der Waals surface area contributed by atoms with Crippen molar-refractivity contribution in [3.05, 3.63) is 59.4 Å². The smallest absolute Gasteiger partial charge is 0.215 e. The molecule has 0 aliphatic heterocycles. The van der Waals surface area contributed by atoms with Crippen molar-refractivity contribution in [2.24, 2.45) is 0 Å². The Morgan fingerprint density at radius 1 is 1.18 bits per heavy atom. The van der Waals surface area contributed by atoms with Crippen molar-refractivity contribution < 1.29 is 9.53 Å². The molecule has 0 saturated heterocycles. The van der Waals surface area contributed by atoms with Gasteiger partial charge in [0.15, 0.2) is 5.69 Å². The van der Waals surface area contributed by atoms with E-state index in [1.54, 1.807) is 30.5 Å². The third-order valence-electron chi connectivity index (χ3n) is 2.52. The first kappa shape index (κ1) is 11.3. The van der Waals surface area contributed by atoms with E-state index in [2.05, 4.69) is 4.98 Å². The molecule has 17 heavy (non-hydrogen) atoms. The maximum atomic E-state index is 12.2. The molecule has 1 aromatic heterocycles. The first-order valence-corrected chi connectivity index (χ1v) is 5.33. The molecule has 0 unspecified atom stereocenters. The second kappa shape index (κ2) is 4.78. The van der Waals surface area contributed by atoms with Crippen LogP contribution >= 0.6 is 0 Å². The van der Waals surface area contributed by atoms with Gasteiger partial charge in [-0.15, -0.1) is 0 Å². The maximum Gasteiger partial charge on any atom is 0.215 e. The van der Waals surface area contributed by atoms with Crippen LogP contribution in [0.2, 0.25) is 0 Å². The predicted octanol–water partition coefficient (Wildman–Crippen LogP) is 2.63. The summed E-state index contributed by atoms with van der Waals surface area (Å²) >= 11 is 0. The van der Waals surface area contributed by atoms with Gasteiger partial charge in [0, 0.05) is 11.8 Å². The number of ether oxygens (including phenoxy) is 1. The highest BCUT2D eigenvalue weighted by molar-refractivity contribution is 6.09. The molecule has 0 bridgehead atoms. The molecule has 3 heteroatoms. The van der Waals surface area contributed by atoms with Crippen molar-refractivity contribution in [1.29, 1.82) is 0 Å². The van der Waals surface area contributed by atoms with Gasteiger partial charge in [0.2, 0.25) is 5.78 Å². The predicted molar refractivity (Wildman–Crippen MR) is 65.4 cm³/mol. The number of rotatable bonds is 3. The largest absolute Gasteiger partial charge is 0.494 e. The van der Waals surface area contributed by atoms with Gasteiger partial charge in [-0.25, -0.2) is 4.98 Å². The van der Waals surface area contributed by atoms with Gasteiger partial charge in [0.05, 0.1) is 7.11 Å². The van der Waals surface area contributed by atoms with E-state index in [0.717, 1.165) is 5.56 Å². The second-order valence-corrected chi connectivity index (χ2v) is 3.75. The van der Waals surface area contributed by atoms with E-state index in [9.17, 15) is 4.79 Å². The minimum Gasteiger partial charge on any atom is -0.494 e. The van der Waals surface area contributed by atoms with Gasteiger partial charge in [-0.1, -0.05) is 29.8 Å². The van der Waals surface area contributed by atoms with Crippen LogP contribution in [0.5, 0.6) is 5.75 Å². The molecule has 3 nitrogen and oxygen atoms in total. The quantitative estimate of drug-likeness (QED) is 0.757. The van der Waals surface area contributed by atoms with Gasteiger partial charge >= 0.3 is 0 Å². The van der Waals surface area contributed by atoms with Crippen molar-refractivity contribution >= 4 is 5.78 Å². The molecule has 1 heterocycles. The lowest BCUT2D eigenvalue weighted by Gasteiger charge is -2.06. The van der Waals surface area contributed by atoms with Crippen LogP contribution in [0.15, 0.2) is 42.6 Å². The van der Waals surface area contributed by atoms with Gasteiger partial charge in [-0.05, 0) is 19.1 Å². The average Bonchev–Trinajstić information content (AvgIpc) is 2.39. The average molecular weight is 227 g/mol. The summed E-state index contributed by atoms with van der Waals surface area (Å²) in [6.07, 6.45) is 1.59. The number of methoxy groups -OCH3 is 1. The summed E-state index contributed by atoms with van der Waals surface area (Å²) in [6, 6.07) is 10.9. The highest BCUT2D eigenvalue weighted by Crippen LogP contribution is 2.18. The fourth-order valence-electron chi connectivity index (χ4n) is 1.57. The topological polar surface area (TPSA) is 39.2 Å². The standard InChI is InChI=1S/C14H13NO2/c1-10-5-7-11(8-6-10)14(16)13-12(17-2)4-3-9-15-13/h3-9H,1-2H3. The third kappa shape index (κ3) is 2.33. The van der Waals surface area contributed by atoms with Gasteiger partial charge in [0.1, 0.15) is 5.75 Å². The van der Waals surface area contributed by atoms with E-state index in [0.29, 0.717) is 17.0 Å². The Balaban J connectivity index is 2.40. The molecule has 2 rings (SSSR count). The number of aryl methyl sites for hydroxylation is 1. The monoisotopic (exact) mass is 227 g/mol. The van der Waals surface area contributed by atoms with Crippen LogP contribution in [0.25, 0.3) is 0 Å². The van der Waals surface area contributed by atoms with Gasteiger partial charge < -0.3 is 4.74 Å². The number of carbonyl (C=O) groups is 1. The van der Waals surface area contributed by atoms with E-state index in [1.807, 2.05) is 19.1 Å². The minimum absolute atomic E-state index is 0.123. The fraction of sp³-hybridized carbons (Fsp3) is 0.143. The van der Waals surface area contributed by atoms with Crippen molar-refractivity contribution in [2.75, 3.05) is 7.11 Å². The van der Waals surface area contributed by atoms with Crippen molar-refractivity contribution in [1.82, 2.24) is 4.98 Å². The zero-order valence-corrected chi connectivity index (χ0v) is 9.81. The summed E-state index contributed by atoms with van der Waals surface area (Å²) in [4.78, 5) is 16.3. The Hall–Kier alpha value is -2.16.